The standard InChI is InChI=1S/C18H17N3O2S/c1-22-15-8-6-13(7-9-15)11-19-21-18-20-17(12-24-18)14-4-3-5-16(10-14)23-2/h3-12H,1-2H3,(H,20,21)/b19-11-. The van der Waals surface area contributed by atoms with E-state index in [0.29, 0.717) is 0 Å². The van der Waals surface area contributed by atoms with Crippen LogP contribution in [0.15, 0.2) is 59.0 Å². The molecule has 1 heterocycles. The van der Waals surface area contributed by atoms with Crippen LogP contribution in [-0.4, -0.2) is 25.4 Å². The minimum absolute atomic E-state index is 0.734. The Labute approximate surface area is 144 Å². The first-order valence-corrected chi connectivity index (χ1v) is 8.19. The maximum atomic E-state index is 5.24. The minimum Gasteiger partial charge on any atom is -0.497 e. The van der Waals surface area contributed by atoms with E-state index in [-0.39, 0.29) is 0 Å². The quantitative estimate of drug-likeness (QED) is 0.538. The molecule has 0 atom stereocenters. The molecule has 0 unspecified atom stereocenters. The molecule has 2 aromatic carbocycles. The van der Waals surface area contributed by atoms with E-state index in [9.17, 15) is 0 Å². The number of rotatable bonds is 6. The van der Waals surface area contributed by atoms with Crippen molar-refractivity contribution in [1.82, 2.24) is 4.98 Å². The molecule has 24 heavy (non-hydrogen) atoms. The first-order chi connectivity index (χ1) is 11.8. The molecule has 1 aromatic heterocycles. The van der Waals surface area contributed by atoms with Gasteiger partial charge < -0.3 is 9.47 Å². The number of benzene rings is 2. The van der Waals surface area contributed by atoms with Gasteiger partial charge in [0.15, 0.2) is 0 Å². The van der Waals surface area contributed by atoms with Crippen molar-refractivity contribution < 1.29 is 9.47 Å². The molecule has 122 valence electrons. The second-order valence-electron chi connectivity index (χ2n) is 4.91. The average Bonchev–Trinajstić information content (AvgIpc) is 3.11. The Kier molecular flexibility index (Phi) is 5.08. The minimum atomic E-state index is 0.734. The van der Waals surface area contributed by atoms with E-state index in [1.165, 1.54) is 11.3 Å². The van der Waals surface area contributed by atoms with Gasteiger partial charge in [-0.1, -0.05) is 12.1 Å². The number of hydrazone groups is 1. The molecule has 0 aliphatic heterocycles. The van der Waals surface area contributed by atoms with Gasteiger partial charge in [0.25, 0.3) is 0 Å². The van der Waals surface area contributed by atoms with Crippen molar-refractivity contribution in [2.45, 2.75) is 0 Å². The van der Waals surface area contributed by atoms with Gasteiger partial charge in [-0.15, -0.1) is 11.3 Å². The topological polar surface area (TPSA) is 55.7 Å². The average molecular weight is 339 g/mol. The Bertz CT molecular complexity index is 828. The fraction of sp³-hybridized carbons (Fsp3) is 0.111. The van der Waals surface area contributed by atoms with Crippen molar-refractivity contribution >= 4 is 22.7 Å². The number of nitrogens with zero attached hydrogens (tertiary/aromatic N) is 2. The van der Waals surface area contributed by atoms with Crippen LogP contribution < -0.4 is 14.9 Å². The summed E-state index contributed by atoms with van der Waals surface area (Å²) in [7, 11) is 3.30. The normalized spacial score (nSPS) is 10.8. The third-order valence-corrected chi connectivity index (χ3v) is 4.11. The van der Waals surface area contributed by atoms with Crippen LogP contribution in [0.1, 0.15) is 5.56 Å². The molecule has 0 aliphatic rings. The zero-order valence-electron chi connectivity index (χ0n) is 13.4. The highest BCUT2D eigenvalue weighted by Gasteiger charge is 2.05. The number of aromatic nitrogens is 1. The molecule has 0 radical (unpaired) electrons. The first kappa shape index (κ1) is 16.0. The zero-order chi connectivity index (χ0) is 16.8. The lowest BCUT2D eigenvalue weighted by Crippen LogP contribution is -1.90. The summed E-state index contributed by atoms with van der Waals surface area (Å²) in [5.41, 5.74) is 5.84. The fourth-order valence-corrected chi connectivity index (χ4v) is 2.76. The smallest absolute Gasteiger partial charge is 0.203 e. The van der Waals surface area contributed by atoms with Gasteiger partial charge in [0.2, 0.25) is 5.13 Å². The van der Waals surface area contributed by atoms with Gasteiger partial charge in [0.05, 0.1) is 26.1 Å². The number of nitrogens with one attached hydrogen (secondary N) is 1. The molecule has 0 bridgehead atoms. The Morgan fingerprint density at radius 3 is 2.58 bits per heavy atom. The van der Waals surface area contributed by atoms with Crippen LogP contribution in [0.2, 0.25) is 0 Å². The molecule has 1 N–H and O–H groups in total. The van der Waals surface area contributed by atoms with Gasteiger partial charge in [-0.2, -0.15) is 5.10 Å². The van der Waals surface area contributed by atoms with E-state index in [1.807, 2.05) is 53.9 Å². The summed E-state index contributed by atoms with van der Waals surface area (Å²) in [6.45, 7) is 0. The summed E-state index contributed by atoms with van der Waals surface area (Å²) in [5.74, 6) is 1.63. The lowest BCUT2D eigenvalue weighted by atomic mass is 10.2. The Hall–Kier alpha value is -2.86. The van der Waals surface area contributed by atoms with Crippen LogP contribution in [0.25, 0.3) is 11.3 Å². The Balaban J connectivity index is 1.66. The number of methoxy groups -OCH3 is 2. The lowest BCUT2D eigenvalue weighted by molar-refractivity contribution is 0.414. The van der Waals surface area contributed by atoms with E-state index < -0.39 is 0 Å². The van der Waals surface area contributed by atoms with Crippen molar-refractivity contribution in [2.24, 2.45) is 5.10 Å². The number of hydrogen-bond donors (Lipinski definition) is 1. The Morgan fingerprint density at radius 2 is 1.83 bits per heavy atom. The van der Waals surface area contributed by atoms with Crippen LogP contribution in [-0.2, 0) is 0 Å². The molecular formula is C18H17N3O2S. The summed E-state index contributed by atoms with van der Waals surface area (Å²) in [5, 5.41) is 6.94. The Morgan fingerprint density at radius 1 is 1.04 bits per heavy atom. The molecule has 5 nitrogen and oxygen atoms in total. The van der Waals surface area contributed by atoms with E-state index in [1.54, 1.807) is 20.4 Å². The maximum Gasteiger partial charge on any atom is 0.203 e. The number of ether oxygens (including phenoxy) is 2. The van der Waals surface area contributed by atoms with Gasteiger partial charge in [0.1, 0.15) is 11.5 Å². The highest BCUT2D eigenvalue weighted by molar-refractivity contribution is 7.14. The lowest BCUT2D eigenvalue weighted by Gasteiger charge is -2.01. The van der Waals surface area contributed by atoms with E-state index >= 15 is 0 Å². The molecule has 0 saturated carbocycles. The molecule has 0 amide bonds. The summed E-state index contributed by atoms with van der Waals surface area (Å²) >= 11 is 1.50. The molecule has 0 aliphatic carbocycles. The molecule has 3 aromatic rings. The number of anilines is 1. The van der Waals surface area contributed by atoms with E-state index in [2.05, 4.69) is 15.5 Å². The van der Waals surface area contributed by atoms with Crippen molar-refractivity contribution in [1.29, 1.82) is 0 Å². The summed E-state index contributed by atoms with van der Waals surface area (Å²) in [6.07, 6.45) is 1.74. The highest BCUT2D eigenvalue weighted by Crippen LogP contribution is 2.27. The highest BCUT2D eigenvalue weighted by atomic mass is 32.1. The zero-order valence-corrected chi connectivity index (χ0v) is 14.2. The monoisotopic (exact) mass is 339 g/mol. The fourth-order valence-electron chi connectivity index (χ4n) is 2.09. The summed E-state index contributed by atoms with van der Waals surface area (Å²) in [6, 6.07) is 15.5. The number of hydrogen-bond acceptors (Lipinski definition) is 6. The molecule has 0 spiro atoms. The third kappa shape index (κ3) is 3.91. The van der Waals surface area contributed by atoms with Crippen molar-refractivity contribution in [3.8, 4) is 22.8 Å². The maximum absolute atomic E-state index is 5.24. The van der Waals surface area contributed by atoms with Crippen molar-refractivity contribution in [3.05, 3.63) is 59.5 Å². The molecule has 0 fully saturated rings. The largest absolute Gasteiger partial charge is 0.497 e. The van der Waals surface area contributed by atoms with Gasteiger partial charge in [-0.3, -0.25) is 5.43 Å². The molecule has 6 heteroatoms. The molecule has 0 saturated heterocycles. The van der Waals surface area contributed by atoms with Crippen LogP contribution in [0.4, 0.5) is 5.13 Å². The van der Waals surface area contributed by atoms with Crippen LogP contribution in [0, 0.1) is 0 Å². The van der Waals surface area contributed by atoms with Crippen LogP contribution >= 0.6 is 11.3 Å². The van der Waals surface area contributed by atoms with Crippen LogP contribution in [0.3, 0.4) is 0 Å². The third-order valence-electron chi connectivity index (χ3n) is 3.36. The van der Waals surface area contributed by atoms with Crippen LogP contribution in [0.5, 0.6) is 11.5 Å². The molecular weight excluding hydrogens is 322 g/mol. The first-order valence-electron chi connectivity index (χ1n) is 7.31. The van der Waals surface area contributed by atoms with E-state index in [0.717, 1.165) is 33.5 Å². The molecule has 3 rings (SSSR count). The predicted octanol–water partition coefficient (Wildman–Crippen LogP) is 4.27. The summed E-state index contributed by atoms with van der Waals surface area (Å²) in [4.78, 5) is 4.53. The van der Waals surface area contributed by atoms with Gasteiger partial charge in [-0.25, -0.2) is 4.98 Å². The second-order valence-corrected chi connectivity index (χ2v) is 5.77. The van der Waals surface area contributed by atoms with Gasteiger partial charge in [0, 0.05) is 10.9 Å². The van der Waals surface area contributed by atoms with Crippen molar-refractivity contribution in [3.63, 3.8) is 0 Å². The number of thiazole rings is 1. The van der Waals surface area contributed by atoms with Crippen molar-refractivity contribution in [2.75, 3.05) is 19.6 Å². The predicted molar refractivity (Wildman–Crippen MR) is 98.3 cm³/mol. The summed E-state index contributed by atoms with van der Waals surface area (Å²) < 4.78 is 10.4. The SMILES string of the molecule is COc1ccc(/C=N\Nc2nc(-c3cccc(OC)c3)cs2)cc1. The second kappa shape index (κ2) is 7.61. The van der Waals surface area contributed by atoms with E-state index in [4.69, 9.17) is 9.47 Å². The van der Waals surface area contributed by atoms with Gasteiger partial charge in [-0.05, 0) is 42.0 Å². The van der Waals surface area contributed by atoms with Gasteiger partial charge >= 0.3 is 0 Å².